The Morgan fingerprint density at radius 1 is 1.05 bits per heavy atom. The molecule has 0 radical (unpaired) electrons. The van der Waals surface area contributed by atoms with Crippen molar-refractivity contribution in [2.24, 2.45) is 0 Å². The Labute approximate surface area is 230 Å². The molecule has 5 rings (SSSR count). The molecule has 1 aliphatic heterocycles. The van der Waals surface area contributed by atoms with Gasteiger partial charge in [0.05, 0.1) is 18.5 Å². The van der Waals surface area contributed by atoms with E-state index in [0.29, 0.717) is 35.1 Å². The highest BCUT2D eigenvalue weighted by Crippen LogP contribution is 2.39. The van der Waals surface area contributed by atoms with Gasteiger partial charge in [-0.2, -0.15) is 4.98 Å². The number of likely N-dealkylation sites (tertiary alicyclic amines) is 1. The first-order chi connectivity index (χ1) is 18.3. The molecule has 3 aromatic rings. The number of methoxy groups -OCH3 is 1. The van der Waals surface area contributed by atoms with E-state index in [0.717, 1.165) is 29.4 Å². The summed E-state index contributed by atoms with van der Waals surface area (Å²) in [4.78, 5) is 11.7. The number of ether oxygens (including phenoxy) is 1. The van der Waals surface area contributed by atoms with Gasteiger partial charge in [0, 0.05) is 24.1 Å². The summed E-state index contributed by atoms with van der Waals surface area (Å²) >= 11 is 6.47. The number of benzene rings is 2. The molecule has 7 nitrogen and oxygen atoms in total. The first kappa shape index (κ1) is 27.1. The topological polar surface area (TPSA) is 79.4 Å². The van der Waals surface area contributed by atoms with Crippen LogP contribution in [0, 0.1) is 0 Å². The van der Waals surface area contributed by atoms with Gasteiger partial charge >= 0.3 is 0 Å². The monoisotopic (exact) mass is 553 g/mol. The van der Waals surface area contributed by atoms with Crippen LogP contribution < -0.4 is 15.9 Å². The van der Waals surface area contributed by atoms with Crippen LogP contribution in [-0.2, 0) is 28.8 Å². The summed E-state index contributed by atoms with van der Waals surface area (Å²) in [5.41, 5.74) is 5.49. The molecule has 1 aliphatic carbocycles. The van der Waals surface area contributed by atoms with E-state index in [1.807, 2.05) is 18.2 Å². The predicted octanol–water partition coefficient (Wildman–Crippen LogP) is 6.35. The molecule has 2 aliphatic rings. The highest BCUT2D eigenvalue weighted by atomic mass is 35.5. The zero-order valence-corrected chi connectivity index (χ0v) is 24.1. The van der Waals surface area contributed by atoms with Gasteiger partial charge < -0.3 is 24.8 Å². The van der Waals surface area contributed by atoms with Gasteiger partial charge in [-0.15, -0.1) is 0 Å². The Morgan fingerprint density at radius 3 is 2.55 bits per heavy atom. The molecule has 1 aromatic heterocycles. The second-order valence-electron chi connectivity index (χ2n) is 10.7. The molecule has 1 unspecified atom stereocenters. The summed E-state index contributed by atoms with van der Waals surface area (Å²) in [7, 11) is -0.928. The number of rotatable bonds is 8. The molecular formula is C29H37ClN5O2P. The van der Waals surface area contributed by atoms with E-state index in [1.54, 1.807) is 26.6 Å². The maximum Gasteiger partial charge on any atom is 0.229 e. The maximum absolute atomic E-state index is 13.1. The molecule has 2 heterocycles. The molecule has 9 heteroatoms. The third kappa shape index (κ3) is 6.40. The van der Waals surface area contributed by atoms with Gasteiger partial charge in [-0.25, -0.2) is 4.98 Å². The minimum atomic E-state index is -2.57. The van der Waals surface area contributed by atoms with Crippen LogP contribution in [0.15, 0.2) is 42.6 Å². The number of hydrogen-bond acceptors (Lipinski definition) is 7. The second-order valence-corrected chi connectivity index (χ2v) is 14.3. The average Bonchev–Trinajstić information content (AvgIpc) is 3.34. The van der Waals surface area contributed by atoms with Gasteiger partial charge in [-0.3, -0.25) is 0 Å². The third-order valence-electron chi connectivity index (χ3n) is 7.56. The quantitative estimate of drug-likeness (QED) is 0.248. The van der Waals surface area contributed by atoms with Crippen molar-refractivity contribution in [2.75, 3.05) is 44.2 Å². The smallest absolute Gasteiger partial charge is 0.229 e. The molecule has 2 N–H and O–H groups in total. The Kier molecular flexibility index (Phi) is 8.39. The number of nitrogens with zero attached hydrogens (tertiary/aromatic N) is 3. The SMILES string of the molecule is COCc1ccc(Nc2nc(Nc3ccc4c(c3)CCC(N3CCCC3)CC4)ncc2Cl)c(P(C)(C)=O)c1. The van der Waals surface area contributed by atoms with Crippen molar-refractivity contribution >= 4 is 47.2 Å². The van der Waals surface area contributed by atoms with Gasteiger partial charge in [-0.05, 0) is 106 Å². The first-order valence-corrected chi connectivity index (χ1v) is 16.4. The van der Waals surface area contributed by atoms with Crippen LogP contribution in [0.3, 0.4) is 0 Å². The van der Waals surface area contributed by atoms with Crippen LogP contribution in [0.1, 0.15) is 42.4 Å². The minimum absolute atomic E-state index is 0.388. The first-order valence-electron chi connectivity index (χ1n) is 13.4. The molecule has 0 bridgehead atoms. The lowest BCUT2D eigenvalue weighted by molar-refractivity contribution is 0.185. The minimum Gasteiger partial charge on any atom is -0.380 e. The molecule has 2 aromatic carbocycles. The average molecular weight is 554 g/mol. The fraction of sp³-hybridized carbons (Fsp3) is 0.448. The zero-order valence-electron chi connectivity index (χ0n) is 22.5. The van der Waals surface area contributed by atoms with Crippen LogP contribution in [0.5, 0.6) is 0 Å². The largest absolute Gasteiger partial charge is 0.380 e. The molecule has 1 fully saturated rings. The summed E-state index contributed by atoms with van der Waals surface area (Å²) in [6.45, 7) is 6.47. The Morgan fingerprint density at radius 2 is 1.82 bits per heavy atom. The molecule has 1 atom stereocenters. The summed E-state index contributed by atoms with van der Waals surface area (Å²) in [6, 6.07) is 13.1. The van der Waals surface area contributed by atoms with E-state index in [9.17, 15) is 4.57 Å². The fourth-order valence-corrected chi connectivity index (χ4v) is 6.92. The maximum atomic E-state index is 13.1. The Hall–Kier alpha value is -2.44. The van der Waals surface area contributed by atoms with Crippen molar-refractivity contribution in [1.29, 1.82) is 0 Å². The van der Waals surface area contributed by atoms with Crippen LogP contribution >= 0.6 is 18.7 Å². The molecule has 0 spiro atoms. The highest BCUT2D eigenvalue weighted by molar-refractivity contribution is 7.70. The fourth-order valence-electron chi connectivity index (χ4n) is 5.60. The predicted molar refractivity (Wildman–Crippen MR) is 158 cm³/mol. The Bertz CT molecular complexity index is 1340. The third-order valence-corrected chi connectivity index (χ3v) is 9.37. The van der Waals surface area contributed by atoms with Crippen molar-refractivity contribution in [2.45, 2.75) is 51.2 Å². The van der Waals surface area contributed by atoms with Gasteiger partial charge in [0.25, 0.3) is 0 Å². The standard InChI is InChI=1S/C29H37ClN5O2P/c1-37-19-20-6-13-26(27(16-20)38(2,3)36)33-28-25(30)18-31-29(34-28)32-23-10-7-21-8-11-24(12-9-22(21)17-23)35-14-4-5-15-35/h6-7,10,13,16-18,24H,4-5,8-9,11-12,14-15,19H2,1-3H3,(H2,31,32,33,34). The normalized spacial score (nSPS) is 18.2. The number of halogens is 1. The van der Waals surface area contributed by atoms with Crippen molar-refractivity contribution in [3.8, 4) is 0 Å². The summed E-state index contributed by atoms with van der Waals surface area (Å²) < 4.78 is 18.3. The van der Waals surface area contributed by atoms with Crippen LogP contribution in [0.4, 0.5) is 23.1 Å². The number of hydrogen-bond donors (Lipinski definition) is 2. The van der Waals surface area contributed by atoms with E-state index in [2.05, 4.69) is 43.7 Å². The summed E-state index contributed by atoms with van der Waals surface area (Å²) in [6.07, 6.45) is 8.94. The number of nitrogens with one attached hydrogen (secondary N) is 2. The van der Waals surface area contributed by atoms with Crippen molar-refractivity contribution in [3.63, 3.8) is 0 Å². The number of fused-ring (bicyclic) bond motifs is 1. The summed E-state index contributed by atoms with van der Waals surface area (Å²) in [5.74, 6) is 0.913. The molecule has 38 heavy (non-hydrogen) atoms. The second kappa shape index (κ2) is 11.7. The molecular weight excluding hydrogens is 517 g/mol. The van der Waals surface area contributed by atoms with E-state index in [-0.39, 0.29) is 0 Å². The van der Waals surface area contributed by atoms with E-state index in [1.165, 1.54) is 49.9 Å². The molecule has 0 amide bonds. The van der Waals surface area contributed by atoms with Crippen molar-refractivity contribution in [1.82, 2.24) is 14.9 Å². The van der Waals surface area contributed by atoms with Crippen LogP contribution in [0.2, 0.25) is 5.02 Å². The van der Waals surface area contributed by atoms with E-state index >= 15 is 0 Å². The molecule has 1 saturated heterocycles. The summed E-state index contributed by atoms with van der Waals surface area (Å²) in [5, 5.41) is 7.77. The van der Waals surface area contributed by atoms with Crippen molar-refractivity contribution < 1.29 is 9.30 Å². The number of aryl methyl sites for hydroxylation is 2. The van der Waals surface area contributed by atoms with Gasteiger partial charge in [0.15, 0.2) is 5.82 Å². The van der Waals surface area contributed by atoms with Crippen LogP contribution in [-0.4, -0.2) is 54.4 Å². The lowest BCUT2D eigenvalue weighted by Crippen LogP contribution is -2.32. The highest BCUT2D eigenvalue weighted by Gasteiger charge is 2.24. The number of anilines is 4. The van der Waals surface area contributed by atoms with Crippen LogP contribution in [0.25, 0.3) is 0 Å². The zero-order chi connectivity index (χ0) is 26.7. The van der Waals surface area contributed by atoms with E-state index in [4.69, 9.17) is 16.3 Å². The molecule has 202 valence electrons. The van der Waals surface area contributed by atoms with Gasteiger partial charge in [-0.1, -0.05) is 23.7 Å². The Balaban J connectivity index is 1.33. The lowest BCUT2D eigenvalue weighted by atomic mass is 10.0. The van der Waals surface area contributed by atoms with Crippen molar-refractivity contribution in [3.05, 3.63) is 64.3 Å². The lowest BCUT2D eigenvalue weighted by Gasteiger charge is -2.25. The molecule has 0 saturated carbocycles. The van der Waals surface area contributed by atoms with E-state index < -0.39 is 7.14 Å². The van der Waals surface area contributed by atoms with Gasteiger partial charge in [0.1, 0.15) is 12.2 Å². The number of aromatic nitrogens is 2. The van der Waals surface area contributed by atoms with Gasteiger partial charge in [0.2, 0.25) is 5.95 Å².